The fourth-order valence-corrected chi connectivity index (χ4v) is 3.65. The molecule has 16 heavy (non-hydrogen) atoms. The van der Waals surface area contributed by atoms with Crippen molar-refractivity contribution in [2.24, 2.45) is 9.36 Å². The van der Waals surface area contributed by atoms with Gasteiger partial charge in [0.05, 0.1) is 20.3 Å². The van der Waals surface area contributed by atoms with E-state index in [-0.39, 0.29) is 5.25 Å². The predicted octanol–water partition coefficient (Wildman–Crippen LogP) is 3.38. The van der Waals surface area contributed by atoms with Gasteiger partial charge >= 0.3 is 0 Å². The lowest BCUT2D eigenvalue weighted by Gasteiger charge is -2.20. The summed E-state index contributed by atoms with van der Waals surface area (Å²) in [4.78, 5) is 5.19. The van der Waals surface area contributed by atoms with Crippen LogP contribution in [0.15, 0.2) is 38.5 Å². The molecule has 0 saturated heterocycles. The zero-order chi connectivity index (χ0) is 11.8. The molecule has 1 atom stereocenters. The molecule has 0 spiro atoms. The van der Waals surface area contributed by atoms with E-state index in [1.807, 2.05) is 45.0 Å². The molecule has 0 amide bonds. The van der Waals surface area contributed by atoms with Crippen molar-refractivity contribution < 1.29 is 4.21 Å². The smallest absolute Gasteiger partial charge is 0.139 e. The van der Waals surface area contributed by atoms with E-state index in [2.05, 4.69) is 9.36 Å². The standard InChI is InChI=1S/C12H16N2OS/c1-4-12-13-10-7-5-6-8-11(10)16(15,14-12)9(2)3/h5-9H,4H2,1-3H3. The van der Waals surface area contributed by atoms with E-state index in [1.165, 1.54) is 0 Å². The highest BCUT2D eigenvalue weighted by atomic mass is 32.2. The highest BCUT2D eigenvalue weighted by Gasteiger charge is 2.24. The minimum absolute atomic E-state index is 0.00528. The van der Waals surface area contributed by atoms with Crippen molar-refractivity contribution in [1.29, 1.82) is 0 Å². The van der Waals surface area contributed by atoms with Crippen LogP contribution in [-0.4, -0.2) is 15.3 Å². The van der Waals surface area contributed by atoms with Crippen LogP contribution < -0.4 is 0 Å². The number of hydrogen-bond donors (Lipinski definition) is 0. The lowest BCUT2D eigenvalue weighted by Crippen LogP contribution is -2.18. The Kier molecular flexibility index (Phi) is 2.84. The molecule has 3 nitrogen and oxygen atoms in total. The molecular weight excluding hydrogens is 220 g/mol. The third kappa shape index (κ3) is 1.67. The molecule has 1 aromatic rings. The summed E-state index contributed by atoms with van der Waals surface area (Å²) in [5.74, 6) is 0.692. The molecule has 1 unspecified atom stereocenters. The fraction of sp³-hybridized carbons (Fsp3) is 0.417. The third-order valence-electron chi connectivity index (χ3n) is 2.63. The predicted molar refractivity (Wildman–Crippen MR) is 67.8 cm³/mol. The molecule has 0 fully saturated rings. The van der Waals surface area contributed by atoms with Gasteiger partial charge in [0.2, 0.25) is 0 Å². The maximum absolute atomic E-state index is 12.8. The summed E-state index contributed by atoms with van der Waals surface area (Å²) in [5, 5.41) is 0.00528. The van der Waals surface area contributed by atoms with E-state index in [9.17, 15) is 4.21 Å². The molecule has 0 aliphatic carbocycles. The first-order chi connectivity index (χ1) is 7.58. The van der Waals surface area contributed by atoms with E-state index >= 15 is 0 Å². The maximum Gasteiger partial charge on any atom is 0.139 e. The van der Waals surface area contributed by atoms with Crippen LogP contribution in [0.25, 0.3) is 0 Å². The molecule has 1 aliphatic rings. The first-order valence-electron chi connectivity index (χ1n) is 5.50. The molecule has 0 radical (unpaired) electrons. The van der Waals surface area contributed by atoms with Crippen LogP contribution in [0.1, 0.15) is 27.2 Å². The van der Waals surface area contributed by atoms with Crippen molar-refractivity contribution in [3.05, 3.63) is 24.3 Å². The van der Waals surface area contributed by atoms with Gasteiger partial charge in [-0.05, 0) is 26.0 Å². The summed E-state index contributed by atoms with van der Waals surface area (Å²) in [6, 6.07) is 7.59. The van der Waals surface area contributed by atoms with E-state index in [0.717, 1.165) is 17.0 Å². The largest absolute Gasteiger partial charge is 0.244 e. The van der Waals surface area contributed by atoms with E-state index in [4.69, 9.17) is 0 Å². The molecule has 1 aliphatic heterocycles. The maximum atomic E-state index is 12.8. The Balaban J connectivity index is 2.75. The monoisotopic (exact) mass is 236 g/mol. The lowest BCUT2D eigenvalue weighted by molar-refractivity contribution is 0.669. The quantitative estimate of drug-likeness (QED) is 0.776. The van der Waals surface area contributed by atoms with Gasteiger partial charge in [-0.25, -0.2) is 9.20 Å². The number of hydrogen-bond acceptors (Lipinski definition) is 3. The second-order valence-electron chi connectivity index (χ2n) is 4.06. The highest BCUT2D eigenvalue weighted by Crippen LogP contribution is 2.32. The normalized spacial score (nSPS) is 23.6. The van der Waals surface area contributed by atoms with Gasteiger partial charge in [0.25, 0.3) is 0 Å². The van der Waals surface area contributed by atoms with Gasteiger partial charge in [0.1, 0.15) is 5.84 Å². The Labute approximate surface area is 96.8 Å². The molecule has 0 aromatic heterocycles. The summed E-state index contributed by atoms with van der Waals surface area (Å²) in [6.07, 6.45) is 0.720. The number of aliphatic imine (C=N–C) groups is 1. The molecular formula is C12H16N2OS. The average molecular weight is 236 g/mol. The van der Waals surface area contributed by atoms with Gasteiger partial charge in [-0.15, -0.1) is 0 Å². The van der Waals surface area contributed by atoms with Crippen LogP contribution in [0.5, 0.6) is 0 Å². The summed E-state index contributed by atoms with van der Waals surface area (Å²) in [6.45, 7) is 5.87. The van der Waals surface area contributed by atoms with Gasteiger partial charge in [0.15, 0.2) is 0 Å². The van der Waals surface area contributed by atoms with Crippen LogP contribution in [0.3, 0.4) is 0 Å². The first-order valence-corrected chi connectivity index (χ1v) is 7.08. The Morgan fingerprint density at radius 1 is 1.31 bits per heavy atom. The first kappa shape index (κ1) is 11.3. The van der Waals surface area contributed by atoms with E-state index < -0.39 is 9.73 Å². The van der Waals surface area contributed by atoms with Gasteiger partial charge in [0, 0.05) is 11.7 Å². The number of para-hydroxylation sites is 1. The Morgan fingerprint density at radius 2 is 2.00 bits per heavy atom. The Hall–Kier alpha value is -1.16. The van der Waals surface area contributed by atoms with Crippen molar-refractivity contribution in [3.8, 4) is 0 Å². The van der Waals surface area contributed by atoms with Crippen LogP contribution in [-0.2, 0) is 9.73 Å². The van der Waals surface area contributed by atoms with Crippen molar-refractivity contribution in [1.82, 2.24) is 0 Å². The molecule has 1 aromatic carbocycles. The topological polar surface area (TPSA) is 41.8 Å². The number of nitrogens with zero attached hydrogens (tertiary/aromatic N) is 2. The van der Waals surface area contributed by atoms with Crippen molar-refractivity contribution >= 4 is 21.3 Å². The zero-order valence-corrected chi connectivity index (χ0v) is 10.6. The lowest BCUT2D eigenvalue weighted by atomic mass is 10.3. The zero-order valence-electron chi connectivity index (χ0n) is 9.80. The third-order valence-corrected chi connectivity index (χ3v) is 5.36. The molecule has 0 saturated carbocycles. The highest BCUT2D eigenvalue weighted by molar-refractivity contribution is 7.94. The van der Waals surface area contributed by atoms with E-state index in [0.29, 0.717) is 5.84 Å². The fourth-order valence-electron chi connectivity index (χ4n) is 1.66. The number of rotatable bonds is 2. The van der Waals surface area contributed by atoms with Gasteiger partial charge in [-0.2, -0.15) is 4.36 Å². The summed E-state index contributed by atoms with van der Waals surface area (Å²) >= 11 is 0. The average Bonchev–Trinajstić information content (AvgIpc) is 2.28. The Bertz CT molecular complexity index is 552. The van der Waals surface area contributed by atoms with Crippen molar-refractivity contribution in [2.75, 3.05) is 0 Å². The summed E-state index contributed by atoms with van der Waals surface area (Å²) in [5.41, 5.74) is 0.813. The van der Waals surface area contributed by atoms with Gasteiger partial charge in [-0.1, -0.05) is 19.1 Å². The number of fused-ring (bicyclic) bond motifs is 1. The van der Waals surface area contributed by atoms with Crippen molar-refractivity contribution in [2.45, 2.75) is 37.3 Å². The second kappa shape index (κ2) is 4.01. The molecule has 0 bridgehead atoms. The van der Waals surface area contributed by atoms with Gasteiger partial charge in [-0.3, -0.25) is 0 Å². The number of amidine groups is 1. The minimum Gasteiger partial charge on any atom is -0.244 e. The summed E-state index contributed by atoms with van der Waals surface area (Å²) < 4.78 is 17.2. The Morgan fingerprint density at radius 3 is 2.62 bits per heavy atom. The molecule has 2 rings (SSSR count). The van der Waals surface area contributed by atoms with Gasteiger partial charge < -0.3 is 0 Å². The van der Waals surface area contributed by atoms with Crippen LogP contribution in [0, 0.1) is 0 Å². The molecule has 86 valence electrons. The summed E-state index contributed by atoms with van der Waals surface area (Å²) in [7, 11) is -2.33. The molecule has 1 heterocycles. The number of benzene rings is 1. The van der Waals surface area contributed by atoms with Crippen molar-refractivity contribution in [3.63, 3.8) is 0 Å². The van der Waals surface area contributed by atoms with Crippen LogP contribution in [0.4, 0.5) is 5.69 Å². The second-order valence-corrected chi connectivity index (χ2v) is 6.76. The SMILES string of the molecule is CCC1=Nc2ccccc2S(=O)(C(C)C)=N1. The van der Waals surface area contributed by atoms with E-state index in [1.54, 1.807) is 0 Å². The minimum atomic E-state index is -2.33. The molecule has 0 N–H and O–H groups in total. The van der Waals surface area contributed by atoms with Crippen LogP contribution in [0.2, 0.25) is 0 Å². The molecule has 4 heteroatoms. The van der Waals surface area contributed by atoms with Crippen LogP contribution >= 0.6 is 0 Å².